The Hall–Kier alpha value is -3.90. The summed E-state index contributed by atoms with van der Waals surface area (Å²) in [6.45, 7) is -0.169. The average molecular weight is 463 g/mol. The maximum absolute atomic E-state index is 13.9. The summed E-state index contributed by atoms with van der Waals surface area (Å²) in [6.07, 6.45) is 1.48. The summed E-state index contributed by atoms with van der Waals surface area (Å²) in [5.74, 6) is 0.312. The van der Waals surface area contributed by atoms with E-state index in [4.69, 9.17) is 21.1 Å². The number of halogens is 2. The number of fused-ring (bicyclic) bond motifs is 1. The summed E-state index contributed by atoms with van der Waals surface area (Å²) in [4.78, 5) is 12.0. The molecule has 4 rings (SSSR count). The quantitative estimate of drug-likeness (QED) is 0.268. The Balaban J connectivity index is 1.28. The third kappa shape index (κ3) is 6.08. The fourth-order valence-corrected chi connectivity index (χ4v) is 3.35. The van der Waals surface area contributed by atoms with Crippen molar-refractivity contribution in [3.63, 3.8) is 0 Å². The minimum Gasteiger partial charge on any atom is -0.489 e. The van der Waals surface area contributed by atoms with Crippen LogP contribution in [-0.4, -0.2) is 18.7 Å². The van der Waals surface area contributed by atoms with Crippen LogP contribution in [0.25, 0.3) is 10.8 Å². The van der Waals surface area contributed by atoms with Crippen molar-refractivity contribution in [2.24, 2.45) is 5.10 Å². The molecule has 0 spiro atoms. The van der Waals surface area contributed by atoms with Crippen LogP contribution in [-0.2, 0) is 11.4 Å². The molecule has 166 valence electrons. The Labute approximate surface area is 195 Å². The lowest BCUT2D eigenvalue weighted by atomic mass is 10.1. The molecule has 0 heterocycles. The number of hydrazone groups is 1. The molecule has 7 heteroatoms. The van der Waals surface area contributed by atoms with Gasteiger partial charge in [-0.05, 0) is 52.7 Å². The molecule has 0 fully saturated rings. The summed E-state index contributed by atoms with van der Waals surface area (Å²) >= 11 is 6.02. The van der Waals surface area contributed by atoms with Crippen LogP contribution in [0, 0.1) is 5.82 Å². The average Bonchev–Trinajstić information content (AvgIpc) is 2.82. The lowest BCUT2D eigenvalue weighted by Gasteiger charge is -2.09. The molecule has 4 aromatic rings. The third-order valence-corrected chi connectivity index (χ3v) is 5.15. The minimum absolute atomic E-state index is 0.00501. The summed E-state index contributed by atoms with van der Waals surface area (Å²) in [6, 6.07) is 25.0. The Kier molecular flexibility index (Phi) is 7.17. The summed E-state index contributed by atoms with van der Waals surface area (Å²) in [5, 5.41) is 6.39. The van der Waals surface area contributed by atoms with Crippen molar-refractivity contribution in [2.75, 3.05) is 6.61 Å². The zero-order valence-electron chi connectivity index (χ0n) is 17.5. The van der Waals surface area contributed by atoms with Crippen LogP contribution < -0.4 is 14.9 Å². The van der Waals surface area contributed by atoms with Gasteiger partial charge in [-0.2, -0.15) is 5.10 Å². The zero-order chi connectivity index (χ0) is 23.0. The van der Waals surface area contributed by atoms with Gasteiger partial charge in [0.05, 0.1) is 11.2 Å². The Morgan fingerprint density at radius 2 is 1.70 bits per heavy atom. The zero-order valence-corrected chi connectivity index (χ0v) is 18.3. The van der Waals surface area contributed by atoms with Crippen molar-refractivity contribution in [3.05, 3.63) is 107 Å². The maximum Gasteiger partial charge on any atom is 0.277 e. The first-order valence-corrected chi connectivity index (χ1v) is 10.6. The molecular formula is C26H20ClFN2O3. The molecular weight excluding hydrogens is 443 g/mol. The van der Waals surface area contributed by atoms with Crippen LogP contribution in [0.2, 0.25) is 5.02 Å². The van der Waals surface area contributed by atoms with E-state index in [1.807, 2.05) is 42.5 Å². The van der Waals surface area contributed by atoms with E-state index in [0.717, 1.165) is 10.8 Å². The van der Waals surface area contributed by atoms with Crippen LogP contribution in [0.3, 0.4) is 0 Å². The second-order valence-corrected chi connectivity index (χ2v) is 7.56. The summed E-state index contributed by atoms with van der Waals surface area (Å²) < 4.78 is 25.1. The first-order chi connectivity index (χ1) is 16.1. The standard InChI is InChI=1S/C26H20ClFN2O3/c27-24-9-4-10-25(28)23(24)16-32-21-8-3-5-18(13-21)15-29-30-26(31)17-33-22-12-11-19-6-1-2-7-20(19)14-22/h1-15H,16-17H2,(H,30,31)/b29-15+. The Morgan fingerprint density at radius 1 is 0.909 bits per heavy atom. The number of nitrogens with zero attached hydrogens (tertiary/aromatic N) is 1. The van der Waals surface area contributed by atoms with Crippen LogP contribution in [0.1, 0.15) is 11.1 Å². The SMILES string of the molecule is O=C(COc1ccc2ccccc2c1)N/N=C/c1cccc(OCc2c(F)cccc2Cl)c1. The van der Waals surface area contributed by atoms with Gasteiger partial charge in [-0.15, -0.1) is 0 Å². The second-order valence-electron chi connectivity index (χ2n) is 7.15. The third-order valence-electron chi connectivity index (χ3n) is 4.80. The molecule has 4 aromatic carbocycles. The summed E-state index contributed by atoms with van der Waals surface area (Å²) in [7, 11) is 0. The van der Waals surface area contributed by atoms with E-state index in [1.165, 1.54) is 12.3 Å². The van der Waals surface area contributed by atoms with Crippen molar-refractivity contribution in [1.82, 2.24) is 5.43 Å². The number of amides is 1. The van der Waals surface area contributed by atoms with Crippen LogP contribution in [0.15, 0.2) is 90.0 Å². The van der Waals surface area contributed by atoms with E-state index in [0.29, 0.717) is 22.1 Å². The van der Waals surface area contributed by atoms with Gasteiger partial charge >= 0.3 is 0 Å². The monoisotopic (exact) mass is 462 g/mol. The normalized spacial score (nSPS) is 11.0. The topological polar surface area (TPSA) is 59.9 Å². The fourth-order valence-electron chi connectivity index (χ4n) is 3.13. The molecule has 0 atom stereocenters. The first kappa shape index (κ1) is 22.3. The molecule has 0 aromatic heterocycles. The van der Waals surface area contributed by atoms with E-state index in [2.05, 4.69) is 10.5 Å². The molecule has 0 bridgehead atoms. The van der Waals surface area contributed by atoms with Crippen molar-refractivity contribution in [3.8, 4) is 11.5 Å². The lowest BCUT2D eigenvalue weighted by molar-refractivity contribution is -0.123. The van der Waals surface area contributed by atoms with E-state index < -0.39 is 5.82 Å². The van der Waals surface area contributed by atoms with Crippen molar-refractivity contribution in [1.29, 1.82) is 0 Å². The van der Waals surface area contributed by atoms with Gasteiger partial charge < -0.3 is 9.47 Å². The highest BCUT2D eigenvalue weighted by Gasteiger charge is 2.08. The van der Waals surface area contributed by atoms with Gasteiger partial charge in [-0.25, -0.2) is 9.82 Å². The van der Waals surface area contributed by atoms with Crippen molar-refractivity contribution < 1.29 is 18.7 Å². The predicted octanol–water partition coefficient (Wildman–Crippen LogP) is 5.74. The van der Waals surface area contributed by atoms with E-state index in [1.54, 1.807) is 36.4 Å². The molecule has 0 radical (unpaired) electrons. The molecule has 0 aliphatic heterocycles. The van der Waals surface area contributed by atoms with E-state index >= 15 is 0 Å². The molecule has 1 amide bonds. The summed E-state index contributed by atoms with van der Waals surface area (Å²) in [5.41, 5.74) is 3.41. The van der Waals surface area contributed by atoms with Gasteiger partial charge in [0.1, 0.15) is 23.9 Å². The molecule has 33 heavy (non-hydrogen) atoms. The molecule has 5 nitrogen and oxygen atoms in total. The Morgan fingerprint density at radius 3 is 2.55 bits per heavy atom. The van der Waals surface area contributed by atoms with Crippen LogP contribution >= 0.6 is 11.6 Å². The van der Waals surface area contributed by atoms with Crippen LogP contribution in [0.5, 0.6) is 11.5 Å². The van der Waals surface area contributed by atoms with E-state index in [-0.39, 0.29) is 24.7 Å². The molecule has 1 N–H and O–H groups in total. The number of hydrogen-bond acceptors (Lipinski definition) is 4. The second kappa shape index (κ2) is 10.6. The van der Waals surface area contributed by atoms with Gasteiger partial charge in [-0.3, -0.25) is 4.79 Å². The van der Waals surface area contributed by atoms with E-state index in [9.17, 15) is 9.18 Å². The number of hydrogen-bond donors (Lipinski definition) is 1. The minimum atomic E-state index is -0.422. The van der Waals surface area contributed by atoms with Gasteiger partial charge in [0.25, 0.3) is 5.91 Å². The van der Waals surface area contributed by atoms with Crippen molar-refractivity contribution >= 4 is 34.5 Å². The fraction of sp³-hybridized carbons (Fsp3) is 0.0769. The molecule has 0 saturated heterocycles. The highest BCUT2D eigenvalue weighted by Crippen LogP contribution is 2.22. The number of carbonyl (C=O) groups is 1. The first-order valence-electron chi connectivity index (χ1n) is 10.2. The highest BCUT2D eigenvalue weighted by atomic mass is 35.5. The van der Waals surface area contributed by atoms with Gasteiger partial charge in [0.15, 0.2) is 6.61 Å². The molecule has 0 saturated carbocycles. The molecule has 0 aliphatic rings. The number of rotatable bonds is 8. The van der Waals surface area contributed by atoms with Crippen LogP contribution in [0.4, 0.5) is 4.39 Å². The molecule has 0 unspecified atom stereocenters. The lowest BCUT2D eigenvalue weighted by Crippen LogP contribution is -2.24. The van der Waals surface area contributed by atoms with Gasteiger partial charge in [0, 0.05) is 5.56 Å². The number of benzene rings is 4. The highest BCUT2D eigenvalue weighted by molar-refractivity contribution is 6.31. The van der Waals surface area contributed by atoms with Gasteiger partial charge in [-0.1, -0.05) is 60.1 Å². The Bertz CT molecular complexity index is 1290. The number of nitrogens with one attached hydrogen (secondary N) is 1. The maximum atomic E-state index is 13.9. The van der Waals surface area contributed by atoms with Gasteiger partial charge in [0.2, 0.25) is 0 Å². The largest absolute Gasteiger partial charge is 0.489 e. The number of carbonyl (C=O) groups excluding carboxylic acids is 1. The predicted molar refractivity (Wildman–Crippen MR) is 127 cm³/mol. The molecule has 0 aliphatic carbocycles. The number of ether oxygens (including phenoxy) is 2. The smallest absolute Gasteiger partial charge is 0.277 e. The van der Waals surface area contributed by atoms with Crippen molar-refractivity contribution in [2.45, 2.75) is 6.61 Å².